The average Bonchev–Trinajstić information content (AvgIpc) is 3.00. The summed E-state index contributed by atoms with van der Waals surface area (Å²) in [5, 5.41) is 7.27. The number of hydrogen-bond donors (Lipinski definition) is 4. The number of hydrazine groups is 1. The van der Waals surface area contributed by atoms with E-state index in [1.807, 2.05) is 24.3 Å². The predicted octanol–water partition coefficient (Wildman–Crippen LogP) is 1.36. The van der Waals surface area contributed by atoms with Crippen LogP contribution in [0.25, 0.3) is 0 Å². The van der Waals surface area contributed by atoms with Crippen LogP contribution in [0.4, 0.5) is 0 Å². The highest BCUT2D eigenvalue weighted by molar-refractivity contribution is 6.30. The largest absolute Gasteiger partial charge is 0.352 e. The lowest BCUT2D eigenvalue weighted by molar-refractivity contribution is -0.124. The molecule has 120 valence electrons. The van der Waals surface area contributed by atoms with Crippen molar-refractivity contribution in [2.75, 3.05) is 13.1 Å². The lowest BCUT2D eigenvalue weighted by atomic mass is 9.94. The molecule has 2 saturated heterocycles. The molecule has 0 aromatic heterocycles. The molecule has 4 unspecified atom stereocenters. The first kappa shape index (κ1) is 15.7. The molecule has 1 amide bonds. The van der Waals surface area contributed by atoms with Crippen LogP contribution < -0.4 is 21.5 Å². The van der Waals surface area contributed by atoms with Gasteiger partial charge in [0.05, 0.1) is 0 Å². The van der Waals surface area contributed by atoms with Crippen LogP contribution >= 0.6 is 11.6 Å². The Morgan fingerprint density at radius 3 is 2.77 bits per heavy atom. The number of rotatable bonds is 3. The molecule has 3 rings (SSSR count). The highest BCUT2D eigenvalue weighted by Crippen LogP contribution is 2.24. The molecule has 4 N–H and O–H groups in total. The second-order valence-corrected chi connectivity index (χ2v) is 6.70. The number of piperidine rings is 1. The van der Waals surface area contributed by atoms with Gasteiger partial charge in [-0.1, -0.05) is 30.7 Å². The zero-order valence-electron chi connectivity index (χ0n) is 12.7. The van der Waals surface area contributed by atoms with Gasteiger partial charge in [0.25, 0.3) is 0 Å². The van der Waals surface area contributed by atoms with Gasteiger partial charge in [0.1, 0.15) is 6.04 Å². The van der Waals surface area contributed by atoms with E-state index in [1.54, 1.807) is 0 Å². The third kappa shape index (κ3) is 3.60. The fraction of sp³-hybridized carbons (Fsp3) is 0.562. The summed E-state index contributed by atoms with van der Waals surface area (Å²) in [6, 6.07) is 7.96. The van der Waals surface area contributed by atoms with E-state index in [9.17, 15) is 4.79 Å². The minimum absolute atomic E-state index is 0.0858. The number of benzene rings is 1. The number of hydrogen-bond acceptors (Lipinski definition) is 4. The van der Waals surface area contributed by atoms with E-state index in [2.05, 4.69) is 28.4 Å². The second-order valence-electron chi connectivity index (χ2n) is 6.27. The van der Waals surface area contributed by atoms with Crippen LogP contribution in [-0.2, 0) is 4.79 Å². The van der Waals surface area contributed by atoms with Crippen LogP contribution in [0.5, 0.6) is 0 Å². The number of carbonyl (C=O) groups is 1. The van der Waals surface area contributed by atoms with Crippen molar-refractivity contribution in [2.24, 2.45) is 5.92 Å². The summed E-state index contributed by atoms with van der Waals surface area (Å²) < 4.78 is 0. The summed E-state index contributed by atoms with van der Waals surface area (Å²) in [6.45, 7) is 4.11. The SMILES string of the molecule is CC1CNCCC1NC(=O)C1CC(c2ccc(Cl)cc2)NN1. The molecule has 2 aliphatic heterocycles. The average molecular weight is 323 g/mol. The molecule has 4 atom stereocenters. The van der Waals surface area contributed by atoms with Crippen molar-refractivity contribution < 1.29 is 4.79 Å². The number of carbonyl (C=O) groups excluding carboxylic acids is 1. The molecular weight excluding hydrogens is 300 g/mol. The lowest BCUT2D eigenvalue weighted by Gasteiger charge is -2.31. The smallest absolute Gasteiger partial charge is 0.238 e. The van der Waals surface area contributed by atoms with Crippen molar-refractivity contribution in [1.82, 2.24) is 21.5 Å². The fourth-order valence-corrected chi connectivity index (χ4v) is 3.28. The Morgan fingerprint density at radius 2 is 2.05 bits per heavy atom. The van der Waals surface area contributed by atoms with Gasteiger partial charge in [-0.05, 0) is 49.5 Å². The van der Waals surface area contributed by atoms with Gasteiger partial charge in [-0.15, -0.1) is 0 Å². The minimum Gasteiger partial charge on any atom is -0.352 e. The quantitative estimate of drug-likeness (QED) is 0.678. The van der Waals surface area contributed by atoms with Gasteiger partial charge in [-0.2, -0.15) is 0 Å². The molecule has 1 aromatic carbocycles. The van der Waals surface area contributed by atoms with Crippen molar-refractivity contribution in [1.29, 1.82) is 0 Å². The van der Waals surface area contributed by atoms with E-state index in [-0.39, 0.29) is 24.0 Å². The van der Waals surface area contributed by atoms with Crippen molar-refractivity contribution >= 4 is 17.5 Å². The summed E-state index contributed by atoms with van der Waals surface area (Å²) in [5.74, 6) is 0.557. The Morgan fingerprint density at radius 1 is 1.27 bits per heavy atom. The van der Waals surface area contributed by atoms with Gasteiger partial charge in [-0.25, -0.2) is 10.9 Å². The molecule has 0 saturated carbocycles. The molecule has 6 heteroatoms. The molecule has 2 heterocycles. The maximum atomic E-state index is 12.4. The second kappa shape index (κ2) is 6.96. The van der Waals surface area contributed by atoms with Gasteiger partial charge < -0.3 is 10.6 Å². The Balaban J connectivity index is 1.55. The first-order valence-electron chi connectivity index (χ1n) is 7.91. The van der Waals surface area contributed by atoms with Crippen LogP contribution in [0.15, 0.2) is 24.3 Å². The van der Waals surface area contributed by atoms with Crippen LogP contribution in [0, 0.1) is 5.92 Å². The number of amides is 1. The molecule has 0 spiro atoms. The Hall–Kier alpha value is -1.14. The van der Waals surface area contributed by atoms with E-state index >= 15 is 0 Å². The fourth-order valence-electron chi connectivity index (χ4n) is 3.15. The van der Waals surface area contributed by atoms with E-state index in [0.29, 0.717) is 5.92 Å². The van der Waals surface area contributed by atoms with Gasteiger partial charge >= 0.3 is 0 Å². The van der Waals surface area contributed by atoms with Crippen molar-refractivity contribution in [3.8, 4) is 0 Å². The van der Waals surface area contributed by atoms with Crippen LogP contribution in [-0.4, -0.2) is 31.1 Å². The molecular formula is C16H23ClN4O. The van der Waals surface area contributed by atoms with E-state index in [0.717, 1.165) is 36.5 Å². The van der Waals surface area contributed by atoms with E-state index in [1.165, 1.54) is 0 Å². The molecule has 22 heavy (non-hydrogen) atoms. The van der Waals surface area contributed by atoms with Crippen LogP contribution in [0.2, 0.25) is 5.02 Å². The summed E-state index contributed by atoms with van der Waals surface area (Å²) in [7, 11) is 0. The van der Waals surface area contributed by atoms with Crippen LogP contribution in [0.3, 0.4) is 0 Å². The monoisotopic (exact) mass is 322 g/mol. The van der Waals surface area contributed by atoms with Crippen molar-refractivity contribution in [3.05, 3.63) is 34.9 Å². The highest BCUT2D eigenvalue weighted by atomic mass is 35.5. The molecule has 2 aliphatic rings. The number of nitrogens with one attached hydrogen (secondary N) is 4. The summed E-state index contributed by atoms with van der Waals surface area (Å²) in [4.78, 5) is 12.4. The van der Waals surface area contributed by atoms with E-state index in [4.69, 9.17) is 11.6 Å². The van der Waals surface area contributed by atoms with Gasteiger partial charge in [-0.3, -0.25) is 4.79 Å². The van der Waals surface area contributed by atoms with Gasteiger partial charge in [0.2, 0.25) is 5.91 Å². The van der Waals surface area contributed by atoms with Crippen LogP contribution in [0.1, 0.15) is 31.4 Å². The normalized spacial score (nSPS) is 31.9. The predicted molar refractivity (Wildman–Crippen MR) is 87.5 cm³/mol. The Labute approximate surface area is 136 Å². The molecule has 1 aromatic rings. The maximum Gasteiger partial charge on any atom is 0.238 e. The molecule has 5 nitrogen and oxygen atoms in total. The Kier molecular flexibility index (Phi) is 4.98. The van der Waals surface area contributed by atoms with Gasteiger partial charge in [0, 0.05) is 17.1 Å². The van der Waals surface area contributed by atoms with Crippen molar-refractivity contribution in [2.45, 2.75) is 37.9 Å². The Bertz CT molecular complexity index is 521. The third-order valence-corrected chi connectivity index (χ3v) is 4.86. The standard InChI is InChI=1S/C16H23ClN4O/c1-10-9-18-7-6-13(10)19-16(22)15-8-14(20-21-15)11-2-4-12(17)5-3-11/h2-5,10,13-15,18,20-21H,6-9H2,1H3,(H,19,22). The first-order chi connectivity index (χ1) is 10.6. The first-order valence-corrected chi connectivity index (χ1v) is 8.29. The molecule has 0 aliphatic carbocycles. The lowest BCUT2D eigenvalue weighted by Crippen LogP contribution is -2.53. The number of halogens is 1. The van der Waals surface area contributed by atoms with Crippen molar-refractivity contribution in [3.63, 3.8) is 0 Å². The molecule has 0 bridgehead atoms. The summed E-state index contributed by atoms with van der Waals surface area (Å²) in [6.07, 6.45) is 1.74. The van der Waals surface area contributed by atoms with E-state index < -0.39 is 0 Å². The zero-order valence-corrected chi connectivity index (χ0v) is 13.5. The minimum atomic E-state index is -0.192. The third-order valence-electron chi connectivity index (χ3n) is 4.61. The summed E-state index contributed by atoms with van der Waals surface area (Å²) in [5.41, 5.74) is 7.46. The zero-order chi connectivity index (χ0) is 15.5. The maximum absolute atomic E-state index is 12.4. The summed E-state index contributed by atoms with van der Waals surface area (Å²) >= 11 is 5.91. The molecule has 0 radical (unpaired) electrons. The topological polar surface area (TPSA) is 65.2 Å². The van der Waals surface area contributed by atoms with Gasteiger partial charge in [0.15, 0.2) is 0 Å². The highest BCUT2D eigenvalue weighted by Gasteiger charge is 2.32. The molecule has 2 fully saturated rings.